The molecule has 8 nitrogen and oxygen atoms in total. The van der Waals surface area contributed by atoms with Crippen LogP contribution in [0.25, 0.3) is 11.0 Å². The minimum absolute atomic E-state index is 0.257. The van der Waals surface area contributed by atoms with E-state index in [1.54, 1.807) is 45.1 Å². The molecule has 4 rings (SSSR count). The highest BCUT2D eigenvalue weighted by atomic mass is 16.5. The molecule has 0 fully saturated rings. The molecule has 0 bridgehead atoms. The second-order valence-corrected chi connectivity index (χ2v) is 6.68. The number of rotatable bonds is 7. The number of nitrogens with zero attached hydrogens (tertiary/aromatic N) is 5. The van der Waals surface area contributed by atoms with Gasteiger partial charge in [0.2, 0.25) is 0 Å². The summed E-state index contributed by atoms with van der Waals surface area (Å²) in [6.45, 7) is 0.257. The van der Waals surface area contributed by atoms with Crippen LogP contribution in [0.5, 0.6) is 17.4 Å². The fourth-order valence-corrected chi connectivity index (χ4v) is 3.09. The Bertz CT molecular complexity index is 1250. The normalized spacial score (nSPS) is 10.5. The van der Waals surface area contributed by atoms with E-state index in [1.165, 1.54) is 0 Å². The Morgan fingerprint density at radius 3 is 2.58 bits per heavy atom. The molecule has 0 amide bonds. The van der Waals surface area contributed by atoms with Crippen molar-refractivity contribution in [1.29, 1.82) is 5.26 Å². The number of pyridine rings is 4. The average molecular weight is 413 g/mol. The van der Waals surface area contributed by atoms with Crippen molar-refractivity contribution in [1.82, 2.24) is 19.9 Å². The van der Waals surface area contributed by atoms with E-state index in [1.807, 2.05) is 24.3 Å². The van der Waals surface area contributed by atoms with E-state index < -0.39 is 0 Å². The molecule has 4 aromatic rings. The van der Waals surface area contributed by atoms with E-state index in [0.717, 1.165) is 22.3 Å². The Balaban J connectivity index is 1.53. The first kappa shape index (κ1) is 20.0. The Kier molecular flexibility index (Phi) is 5.85. The molecule has 0 aliphatic rings. The minimum Gasteiger partial charge on any atom is -0.495 e. The van der Waals surface area contributed by atoms with E-state index in [4.69, 9.17) is 19.5 Å². The van der Waals surface area contributed by atoms with Crippen molar-refractivity contribution >= 4 is 11.0 Å². The summed E-state index contributed by atoms with van der Waals surface area (Å²) in [5, 5.41) is 9.06. The summed E-state index contributed by atoms with van der Waals surface area (Å²) in [5.74, 6) is 1.61. The molecule has 31 heavy (non-hydrogen) atoms. The van der Waals surface area contributed by atoms with Gasteiger partial charge in [0, 0.05) is 25.0 Å². The van der Waals surface area contributed by atoms with Gasteiger partial charge in [0.05, 0.1) is 42.7 Å². The summed E-state index contributed by atoms with van der Waals surface area (Å²) >= 11 is 0. The van der Waals surface area contributed by atoms with E-state index in [9.17, 15) is 0 Å². The molecule has 154 valence electrons. The lowest BCUT2D eigenvalue weighted by molar-refractivity contribution is 0.268. The van der Waals surface area contributed by atoms with Crippen LogP contribution in [0.15, 0.2) is 55.1 Å². The molecule has 0 atom stereocenters. The van der Waals surface area contributed by atoms with Crippen molar-refractivity contribution in [2.24, 2.45) is 0 Å². The van der Waals surface area contributed by atoms with E-state index in [2.05, 4.69) is 26.0 Å². The smallest absolute Gasteiger partial charge is 0.257 e. The maximum absolute atomic E-state index is 9.06. The van der Waals surface area contributed by atoms with Crippen molar-refractivity contribution in [3.63, 3.8) is 0 Å². The lowest BCUT2D eigenvalue weighted by Crippen LogP contribution is -2.03. The van der Waals surface area contributed by atoms with E-state index in [0.29, 0.717) is 34.9 Å². The predicted molar refractivity (Wildman–Crippen MR) is 113 cm³/mol. The van der Waals surface area contributed by atoms with Crippen LogP contribution >= 0.6 is 0 Å². The van der Waals surface area contributed by atoms with Crippen LogP contribution in [0, 0.1) is 11.3 Å². The van der Waals surface area contributed by atoms with Gasteiger partial charge in [-0.2, -0.15) is 5.26 Å². The van der Waals surface area contributed by atoms with Crippen molar-refractivity contribution in [3.05, 3.63) is 77.5 Å². The van der Waals surface area contributed by atoms with Gasteiger partial charge in [-0.15, -0.1) is 0 Å². The molecule has 4 aromatic heterocycles. The Morgan fingerprint density at radius 1 is 0.935 bits per heavy atom. The number of aromatic nitrogens is 4. The average Bonchev–Trinajstić information content (AvgIpc) is 2.83. The summed E-state index contributed by atoms with van der Waals surface area (Å²) in [6.07, 6.45) is 7.23. The van der Waals surface area contributed by atoms with Gasteiger partial charge in [-0.25, -0.2) is 4.98 Å². The van der Waals surface area contributed by atoms with E-state index in [-0.39, 0.29) is 6.61 Å². The fourth-order valence-electron chi connectivity index (χ4n) is 3.09. The maximum Gasteiger partial charge on any atom is 0.257 e. The molecular formula is C23H19N5O3. The van der Waals surface area contributed by atoms with Crippen LogP contribution in [0.3, 0.4) is 0 Å². The lowest BCUT2D eigenvalue weighted by atomic mass is 10.1. The number of ether oxygens (including phenoxy) is 3. The van der Waals surface area contributed by atoms with Crippen molar-refractivity contribution in [2.75, 3.05) is 14.2 Å². The highest BCUT2D eigenvalue weighted by molar-refractivity contribution is 5.79. The van der Waals surface area contributed by atoms with Crippen LogP contribution in [0.2, 0.25) is 0 Å². The van der Waals surface area contributed by atoms with Crippen LogP contribution < -0.4 is 14.2 Å². The monoisotopic (exact) mass is 413 g/mol. The van der Waals surface area contributed by atoms with Crippen LogP contribution in [-0.4, -0.2) is 34.2 Å². The zero-order chi connectivity index (χ0) is 21.6. The molecule has 0 N–H and O–H groups in total. The lowest BCUT2D eigenvalue weighted by Gasteiger charge is -2.12. The number of nitriles is 1. The molecular weight excluding hydrogens is 394 g/mol. The summed E-state index contributed by atoms with van der Waals surface area (Å²) in [4.78, 5) is 17.4. The first-order valence-electron chi connectivity index (χ1n) is 9.48. The van der Waals surface area contributed by atoms with Gasteiger partial charge in [-0.3, -0.25) is 15.0 Å². The highest BCUT2D eigenvalue weighted by Crippen LogP contribution is 2.28. The first-order chi connectivity index (χ1) is 15.2. The second kappa shape index (κ2) is 9.05. The number of fused-ring (bicyclic) bond motifs is 1. The summed E-state index contributed by atoms with van der Waals surface area (Å²) < 4.78 is 16.4. The van der Waals surface area contributed by atoms with Crippen molar-refractivity contribution in [3.8, 4) is 23.4 Å². The third-order valence-electron chi connectivity index (χ3n) is 4.67. The SMILES string of the molecule is COc1ccc(COc2ncc(Cc3ccnc4cc(C#N)cnc34)cc2OC)nc1. The topological polar surface area (TPSA) is 103 Å². The zero-order valence-electron chi connectivity index (χ0n) is 17.1. The van der Waals surface area contributed by atoms with Gasteiger partial charge in [-0.05, 0) is 41.5 Å². The molecule has 0 radical (unpaired) electrons. The molecule has 0 aliphatic heterocycles. The Labute approximate surface area is 179 Å². The fraction of sp³-hybridized carbons (Fsp3) is 0.174. The number of hydrogen-bond donors (Lipinski definition) is 0. The molecule has 0 saturated heterocycles. The van der Waals surface area contributed by atoms with Gasteiger partial charge in [0.1, 0.15) is 18.4 Å². The van der Waals surface area contributed by atoms with Gasteiger partial charge < -0.3 is 14.2 Å². The van der Waals surface area contributed by atoms with Crippen LogP contribution in [-0.2, 0) is 13.0 Å². The van der Waals surface area contributed by atoms with Gasteiger partial charge in [0.15, 0.2) is 5.75 Å². The third kappa shape index (κ3) is 4.51. The zero-order valence-corrected chi connectivity index (χ0v) is 17.1. The predicted octanol–water partition coefficient (Wildman–Crippen LogP) is 3.48. The minimum atomic E-state index is 0.257. The summed E-state index contributed by atoms with van der Waals surface area (Å²) in [6, 6.07) is 11.3. The Morgan fingerprint density at radius 2 is 1.84 bits per heavy atom. The summed E-state index contributed by atoms with van der Waals surface area (Å²) in [7, 11) is 3.17. The van der Waals surface area contributed by atoms with Crippen LogP contribution in [0.1, 0.15) is 22.4 Å². The van der Waals surface area contributed by atoms with Crippen molar-refractivity contribution in [2.45, 2.75) is 13.0 Å². The summed E-state index contributed by atoms with van der Waals surface area (Å²) in [5.41, 5.74) is 4.59. The molecule has 0 saturated carbocycles. The van der Waals surface area contributed by atoms with E-state index >= 15 is 0 Å². The van der Waals surface area contributed by atoms with Gasteiger partial charge in [-0.1, -0.05) is 0 Å². The number of hydrogen-bond acceptors (Lipinski definition) is 8. The maximum atomic E-state index is 9.06. The third-order valence-corrected chi connectivity index (χ3v) is 4.67. The highest BCUT2D eigenvalue weighted by Gasteiger charge is 2.11. The standard InChI is InChI=1S/C23H19N5O3/c1-29-19-4-3-18(26-13-19)14-31-23-21(30-2)9-15(11-28-23)7-17-5-6-25-20-8-16(10-24)12-27-22(17)20/h3-6,8-9,11-13H,7,14H2,1-2H3. The molecule has 0 spiro atoms. The molecule has 0 aromatic carbocycles. The molecule has 0 aliphatic carbocycles. The van der Waals surface area contributed by atoms with Crippen LogP contribution in [0.4, 0.5) is 0 Å². The Hall–Kier alpha value is -4.25. The first-order valence-corrected chi connectivity index (χ1v) is 9.48. The quantitative estimate of drug-likeness (QED) is 0.454. The van der Waals surface area contributed by atoms with Gasteiger partial charge >= 0.3 is 0 Å². The molecule has 4 heterocycles. The second-order valence-electron chi connectivity index (χ2n) is 6.68. The van der Waals surface area contributed by atoms with Crippen molar-refractivity contribution < 1.29 is 14.2 Å². The molecule has 0 unspecified atom stereocenters. The largest absolute Gasteiger partial charge is 0.495 e. The number of methoxy groups -OCH3 is 2. The molecule has 8 heteroatoms. The van der Waals surface area contributed by atoms with Gasteiger partial charge in [0.25, 0.3) is 5.88 Å².